The van der Waals surface area contributed by atoms with E-state index in [2.05, 4.69) is 9.88 Å². The van der Waals surface area contributed by atoms with Crippen LogP contribution < -0.4 is 5.32 Å². The molecular weight excluding hydrogens is 445 g/mol. The van der Waals surface area contributed by atoms with Crippen LogP contribution in [-0.2, 0) is 11.3 Å². The van der Waals surface area contributed by atoms with Crippen molar-refractivity contribution in [1.82, 2.24) is 9.88 Å². The van der Waals surface area contributed by atoms with Crippen molar-refractivity contribution in [3.8, 4) is 0 Å². The lowest BCUT2D eigenvalue weighted by Gasteiger charge is -2.18. The van der Waals surface area contributed by atoms with Crippen LogP contribution in [0.25, 0.3) is 10.9 Å². The van der Waals surface area contributed by atoms with Crippen LogP contribution in [0.2, 0.25) is 0 Å². The van der Waals surface area contributed by atoms with Crippen molar-refractivity contribution in [2.45, 2.75) is 32.7 Å². The molecule has 0 aliphatic rings. The predicted molar refractivity (Wildman–Crippen MR) is 135 cm³/mol. The summed E-state index contributed by atoms with van der Waals surface area (Å²) in [5, 5.41) is 15.4. The van der Waals surface area contributed by atoms with Gasteiger partial charge in [0.15, 0.2) is 0 Å². The number of hydrogen-bond donors (Lipinski definition) is 1. The minimum atomic E-state index is -0.419. The number of benzene rings is 3. The fourth-order valence-electron chi connectivity index (χ4n) is 4.31. The van der Waals surface area contributed by atoms with E-state index in [1.807, 2.05) is 50.4 Å². The zero-order valence-corrected chi connectivity index (χ0v) is 19.8. The van der Waals surface area contributed by atoms with Crippen LogP contribution in [-0.4, -0.2) is 21.9 Å². The Balaban J connectivity index is 1.78. The molecule has 0 radical (unpaired) electrons. The van der Waals surface area contributed by atoms with Crippen molar-refractivity contribution < 1.29 is 14.1 Å². The molecule has 1 N–H and O–H groups in total. The second kappa shape index (κ2) is 10.5. The normalized spacial score (nSPS) is 12.1. The van der Waals surface area contributed by atoms with Gasteiger partial charge in [-0.2, -0.15) is 0 Å². The molecule has 1 heterocycles. The van der Waals surface area contributed by atoms with Crippen LogP contribution in [0.4, 0.5) is 10.1 Å². The highest BCUT2D eigenvalue weighted by molar-refractivity contribution is 5.87. The van der Waals surface area contributed by atoms with Crippen molar-refractivity contribution in [1.29, 1.82) is 0 Å². The van der Waals surface area contributed by atoms with Gasteiger partial charge in [-0.15, -0.1) is 0 Å². The van der Waals surface area contributed by atoms with Crippen LogP contribution in [0.1, 0.15) is 42.9 Å². The monoisotopic (exact) mass is 473 g/mol. The summed E-state index contributed by atoms with van der Waals surface area (Å²) in [6.45, 7) is 5.15. The first-order valence-electron chi connectivity index (χ1n) is 11.6. The van der Waals surface area contributed by atoms with Gasteiger partial charge in [-0.1, -0.05) is 56.3 Å². The highest BCUT2D eigenvalue weighted by Crippen LogP contribution is 2.36. The second-order valence-electron chi connectivity index (χ2n) is 9.16. The molecule has 0 spiro atoms. The number of para-hydroxylation sites is 1. The topological polar surface area (TPSA) is 77.2 Å². The van der Waals surface area contributed by atoms with E-state index in [1.165, 1.54) is 18.2 Å². The standard InChI is InChI=1S/C28H28FN3O3/c1-19(2)16-30-28(33)15-25(21-6-5-7-23(14-21)32(34)35)26-18-31(27-9-4-3-8-24(26)27)17-20-10-12-22(29)13-11-20/h3-14,18-19,25H,15-17H2,1-2H3,(H,30,33)/t25-/m1/s1. The molecule has 1 aromatic heterocycles. The Bertz CT molecular complexity index is 1350. The molecule has 7 heteroatoms. The number of halogens is 1. The average Bonchev–Trinajstić information content (AvgIpc) is 3.21. The van der Waals surface area contributed by atoms with Gasteiger partial charge in [-0.25, -0.2) is 4.39 Å². The number of nitrogens with one attached hydrogen (secondary N) is 1. The smallest absolute Gasteiger partial charge is 0.269 e. The summed E-state index contributed by atoms with van der Waals surface area (Å²) in [5.41, 5.74) is 3.54. The molecule has 4 aromatic rings. The molecule has 35 heavy (non-hydrogen) atoms. The summed E-state index contributed by atoms with van der Waals surface area (Å²) in [7, 11) is 0. The molecule has 0 fully saturated rings. The maximum Gasteiger partial charge on any atom is 0.269 e. The lowest BCUT2D eigenvalue weighted by Crippen LogP contribution is -2.28. The van der Waals surface area contributed by atoms with Crippen molar-refractivity contribution in [3.05, 3.63) is 112 Å². The first-order valence-corrected chi connectivity index (χ1v) is 11.6. The number of aromatic nitrogens is 1. The largest absolute Gasteiger partial charge is 0.356 e. The fraction of sp³-hybridized carbons (Fsp3) is 0.250. The average molecular weight is 474 g/mol. The quantitative estimate of drug-likeness (QED) is 0.238. The van der Waals surface area contributed by atoms with E-state index in [9.17, 15) is 19.3 Å². The van der Waals surface area contributed by atoms with Gasteiger partial charge in [0, 0.05) is 54.7 Å². The van der Waals surface area contributed by atoms with Crippen LogP contribution in [0.3, 0.4) is 0 Å². The number of nitrogens with zero attached hydrogens (tertiary/aromatic N) is 2. The van der Waals surface area contributed by atoms with E-state index >= 15 is 0 Å². The van der Waals surface area contributed by atoms with Crippen molar-refractivity contribution in [2.24, 2.45) is 5.92 Å². The number of fused-ring (bicyclic) bond motifs is 1. The van der Waals surface area contributed by atoms with E-state index in [4.69, 9.17) is 0 Å². The fourth-order valence-corrected chi connectivity index (χ4v) is 4.31. The van der Waals surface area contributed by atoms with Crippen molar-refractivity contribution >= 4 is 22.5 Å². The molecule has 4 rings (SSSR count). The van der Waals surface area contributed by atoms with Gasteiger partial charge in [0.1, 0.15) is 5.82 Å². The molecule has 6 nitrogen and oxygen atoms in total. The number of nitro benzene ring substituents is 1. The molecule has 3 aromatic carbocycles. The first-order chi connectivity index (χ1) is 16.8. The molecular formula is C28H28FN3O3. The number of nitro groups is 1. The first kappa shape index (κ1) is 24.1. The Labute approximate surface area is 203 Å². The molecule has 0 saturated heterocycles. The van der Waals surface area contributed by atoms with Crippen LogP contribution in [0.5, 0.6) is 0 Å². The van der Waals surface area contributed by atoms with Crippen molar-refractivity contribution in [2.75, 3.05) is 6.54 Å². The van der Waals surface area contributed by atoms with Crippen LogP contribution >= 0.6 is 0 Å². The molecule has 180 valence electrons. The van der Waals surface area contributed by atoms with E-state index in [1.54, 1.807) is 24.3 Å². The zero-order chi connectivity index (χ0) is 24.9. The van der Waals surface area contributed by atoms with Gasteiger partial charge in [0.25, 0.3) is 5.69 Å². The molecule has 0 bridgehead atoms. The number of carbonyl (C=O) groups excluding carboxylic acids is 1. The third kappa shape index (κ3) is 5.74. The summed E-state index contributed by atoms with van der Waals surface area (Å²) in [6.07, 6.45) is 2.17. The lowest BCUT2D eigenvalue weighted by molar-refractivity contribution is -0.384. The number of rotatable bonds is 9. The third-order valence-corrected chi connectivity index (χ3v) is 6.04. The Morgan fingerprint density at radius 2 is 1.80 bits per heavy atom. The second-order valence-corrected chi connectivity index (χ2v) is 9.16. The van der Waals surface area contributed by atoms with Gasteiger partial charge in [-0.05, 0) is 40.8 Å². The summed E-state index contributed by atoms with van der Waals surface area (Å²) in [6, 6.07) is 20.8. The summed E-state index contributed by atoms with van der Waals surface area (Å²) in [4.78, 5) is 23.9. The van der Waals surface area contributed by atoms with Crippen LogP contribution in [0.15, 0.2) is 79.0 Å². The van der Waals surface area contributed by atoms with Gasteiger partial charge >= 0.3 is 0 Å². The van der Waals surface area contributed by atoms with Crippen LogP contribution in [0, 0.1) is 21.8 Å². The Hall–Kier alpha value is -4.00. The number of amides is 1. The minimum absolute atomic E-state index is 0.00913. The maximum absolute atomic E-state index is 13.4. The number of hydrogen-bond acceptors (Lipinski definition) is 3. The summed E-state index contributed by atoms with van der Waals surface area (Å²) >= 11 is 0. The molecule has 1 amide bonds. The highest BCUT2D eigenvalue weighted by atomic mass is 19.1. The maximum atomic E-state index is 13.4. The minimum Gasteiger partial charge on any atom is -0.356 e. The third-order valence-electron chi connectivity index (χ3n) is 6.04. The van der Waals surface area contributed by atoms with E-state index in [0.717, 1.165) is 22.0 Å². The van der Waals surface area contributed by atoms with Gasteiger partial charge < -0.3 is 9.88 Å². The van der Waals surface area contributed by atoms with Crippen molar-refractivity contribution in [3.63, 3.8) is 0 Å². The van der Waals surface area contributed by atoms with E-state index in [-0.39, 0.29) is 29.8 Å². The highest BCUT2D eigenvalue weighted by Gasteiger charge is 2.24. The van der Waals surface area contributed by atoms with Gasteiger partial charge in [0.2, 0.25) is 5.91 Å². The molecule has 1 atom stereocenters. The SMILES string of the molecule is CC(C)CNC(=O)C[C@H](c1cccc([N+](=O)[O-])c1)c1cn(Cc2ccc(F)cc2)c2ccccc12. The Morgan fingerprint density at radius 1 is 1.06 bits per heavy atom. The molecule has 0 aliphatic carbocycles. The molecule has 0 aliphatic heterocycles. The Kier molecular flexibility index (Phi) is 7.25. The zero-order valence-electron chi connectivity index (χ0n) is 19.8. The van der Waals surface area contributed by atoms with Gasteiger partial charge in [0.05, 0.1) is 4.92 Å². The van der Waals surface area contributed by atoms with Gasteiger partial charge in [-0.3, -0.25) is 14.9 Å². The summed E-state index contributed by atoms with van der Waals surface area (Å²) < 4.78 is 15.5. The van der Waals surface area contributed by atoms with E-state index < -0.39 is 4.92 Å². The molecule has 0 unspecified atom stereocenters. The Morgan fingerprint density at radius 3 is 2.51 bits per heavy atom. The number of carbonyl (C=O) groups is 1. The summed E-state index contributed by atoms with van der Waals surface area (Å²) in [5.74, 6) is -0.454. The van der Waals surface area contributed by atoms with E-state index in [0.29, 0.717) is 24.6 Å². The number of non-ortho nitro benzene ring substituents is 1. The predicted octanol–water partition coefficient (Wildman–Crippen LogP) is 6.03. The lowest BCUT2D eigenvalue weighted by atomic mass is 9.87. The molecule has 0 saturated carbocycles.